The molecule has 0 atom stereocenters. The molecule has 0 unspecified atom stereocenters. The van der Waals surface area contributed by atoms with Gasteiger partial charge in [0.15, 0.2) is 5.78 Å². The summed E-state index contributed by atoms with van der Waals surface area (Å²) in [6, 6.07) is 7.12. The lowest BCUT2D eigenvalue weighted by molar-refractivity contribution is 0.103. The third kappa shape index (κ3) is 2.72. The molecule has 2 aromatic carbocycles. The van der Waals surface area contributed by atoms with Gasteiger partial charge in [-0.2, -0.15) is 0 Å². The van der Waals surface area contributed by atoms with E-state index in [1.165, 1.54) is 18.2 Å². The van der Waals surface area contributed by atoms with Crippen molar-refractivity contribution < 1.29 is 9.18 Å². The first kappa shape index (κ1) is 13.8. The number of carbonyl (C=O) groups is 1. The van der Waals surface area contributed by atoms with Crippen LogP contribution in [0.5, 0.6) is 0 Å². The zero-order valence-corrected chi connectivity index (χ0v) is 11.5. The van der Waals surface area contributed by atoms with Gasteiger partial charge in [-0.05, 0) is 42.8 Å². The van der Waals surface area contributed by atoms with Crippen LogP contribution in [0.2, 0.25) is 10.0 Å². The Labute approximate surface area is 119 Å². The smallest absolute Gasteiger partial charge is 0.196 e. The summed E-state index contributed by atoms with van der Waals surface area (Å²) in [5.74, 6) is -0.842. The fourth-order valence-electron chi connectivity index (χ4n) is 1.69. The summed E-state index contributed by atoms with van der Waals surface area (Å²) < 4.78 is 13.3. The van der Waals surface area contributed by atoms with Crippen molar-refractivity contribution in [3.63, 3.8) is 0 Å². The monoisotopic (exact) mass is 297 g/mol. The first-order chi connectivity index (χ1) is 8.90. The zero-order valence-electron chi connectivity index (χ0n) is 10.0. The minimum absolute atomic E-state index is 0.0478. The Morgan fingerprint density at radius 1 is 1.11 bits per heavy atom. The molecule has 0 amide bonds. The number of halogens is 3. The molecule has 2 nitrogen and oxygen atoms in total. The lowest BCUT2D eigenvalue weighted by atomic mass is 10.0. The van der Waals surface area contributed by atoms with Crippen LogP contribution in [0.25, 0.3) is 0 Å². The normalized spacial score (nSPS) is 10.5. The van der Waals surface area contributed by atoms with Crippen LogP contribution in [0.4, 0.5) is 10.1 Å². The number of nitrogen functional groups attached to an aromatic ring is 1. The summed E-state index contributed by atoms with van der Waals surface area (Å²) >= 11 is 11.9. The van der Waals surface area contributed by atoms with Gasteiger partial charge in [-0.1, -0.05) is 23.2 Å². The topological polar surface area (TPSA) is 43.1 Å². The molecular weight excluding hydrogens is 288 g/mol. The molecule has 0 radical (unpaired) electrons. The van der Waals surface area contributed by atoms with E-state index < -0.39 is 5.82 Å². The number of nitrogens with two attached hydrogens (primary N) is 1. The summed E-state index contributed by atoms with van der Waals surface area (Å²) in [6.07, 6.45) is 0. The average molecular weight is 298 g/mol. The van der Waals surface area contributed by atoms with E-state index in [0.29, 0.717) is 11.3 Å². The number of ketones is 1. The summed E-state index contributed by atoms with van der Waals surface area (Å²) in [5.41, 5.74) is 6.84. The van der Waals surface area contributed by atoms with Crippen molar-refractivity contribution in [3.05, 3.63) is 62.9 Å². The van der Waals surface area contributed by atoms with Crippen LogP contribution in [0, 0.1) is 12.7 Å². The van der Waals surface area contributed by atoms with E-state index in [4.69, 9.17) is 28.9 Å². The molecule has 0 aliphatic carbocycles. The van der Waals surface area contributed by atoms with E-state index in [2.05, 4.69) is 0 Å². The maximum absolute atomic E-state index is 13.3. The van der Waals surface area contributed by atoms with Gasteiger partial charge in [0, 0.05) is 16.8 Å². The Kier molecular flexibility index (Phi) is 3.78. The highest BCUT2D eigenvalue weighted by molar-refractivity contribution is 6.38. The van der Waals surface area contributed by atoms with E-state index in [1.54, 1.807) is 13.0 Å². The summed E-state index contributed by atoms with van der Waals surface area (Å²) in [6.45, 7) is 1.56. The van der Waals surface area contributed by atoms with Gasteiger partial charge in [-0.25, -0.2) is 4.39 Å². The molecule has 2 rings (SSSR count). The second-order valence-electron chi connectivity index (χ2n) is 4.15. The third-order valence-electron chi connectivity index (χ3n) is 2.73. The maximum atomic E-state index is 13.3. The number of aryl methyl sites for hydroxylation is 1. The van der Waals surface area contributed by atoms with E-state index in [0.717, 1.165) is 6.07 Å². The molecule has 2 aromatic rings. The molecule has 0 aromatic heterocycles. The Balaban J connectivity index is 2.56. The zero-order chi connectivity index (χ0) is 14.2. The molecule has 0 saturated heterocycles. The van der Waals surface area contributed by atoms with Crippen LogP contribution < -0.4 is 5.73 Å². The number of hydrogen-bond acceptors (Lipinski definition) is 2. The molecule has 0 aliphatic rings. The largest absolute Gasteiger partial charge is 0.399 e. The van der Waals surface area contributed by atoms with Crippen LogP contribution in [-0.2, 0) is 0 Å². The molecule has 0 saturated carbocycles. The minimum atomic E-state index is -0.458. The number of carbonyl (C=O) groups excluding carboxylic acids is 1. The minimum Gasteiger partial charge on any atom is -0.399 e. The first-order valence-corrected chi connectivity index (χ1v) is 6.21. The van der Waals surface area contributed by atoms with E-state index in [9.17, 15) is 9.18 Å². The molecule has 0 aliphatic heterocycles. The first-order valence-electron chi connectivity index (χ1n) is 5.45. The van der Waals surface area contributed by atoms with Gasteiger partial charge in [-0.15, -0.1) is 0 Å². The van der Waals surface area contributed by atoms with Crippen molar-refractivity contribution in [3.8, 4) is 0 Å². The van der Waals surface area contributed by atoms with E-state index >= 15 is 0 Å². The highest BCUT2D eigenvalue weighted by Crippen LogP contribution is 2.27. The second-order valence-corrected chi connectivity index (χ2v) is 4.96. The molecule has 0 heterocycles. The fourth-order valence-corrected chi connectivity index (χ4v) is 2.13. The number of benzene rings is 2. The number of hydrogen-bond donors (Lipinski definition) is 1. The van der Waals surface area contributed by atoms with Crippen LogP contribution in [-0.4, -0.2) is 5.78 Å². The SMILES string of the molecule is Cc1cc(C(=O)c2cc(N)ccc2Cl)c(Cl)cc1F. The van der Waals surface area contributed by atoms with Gasteiger partial charge in [0.2, 0.25) is 0 Å². The summed E-state index contributed by atoms with van der Waals surface area (Å²) in [4.78, 5) is 12.4. The van der Waals surface area contributed by atoms with E-state index in [-0.39, 0.29) is 27.0 Å². The van der Waals surface area contributed by atoms with Crippen LogP contribution in [0.1, 0.15) is 21.5 Å². The third-order valence-corrected chi connectivity index (χ3v) is 3.37. The highest BCUT2D eigenvalue weighted by atomic mass is 35.5. The predicted molar refractivity (Wildman–Crippen MR) is 75.4 cm³/mol. The van der Waals surface area contributed by atoms with Crippen molar-refractivity contribution in [1.82, 2.24) is 0 Å². The summed E-state index contributed by atoms with van der Waals surface area (Å²) in [5, 5.41) is 0.323. The Morgan fingerprint density at radius 3 is 2.42 bits per heavy atom. The van der Waals surface area contributed by atoms with Gasteiger partial charge < -0.3 is 5.73 Å². The molecule has 0 bridgehead atoms. The number of anilines is 1. The second kappa shape index (κ2) is 5.19. The van der Waals surface area contributed by atoms with Crippen molar-refractivity contribution in [2.45, 2.75) is 6.92 Å². The Hall–Kier alpha value is -1.58. The van der Waals surface area contributed by atoms with Gasteiger partial charge >= 0.3 is 0 Å². The van der Waals surface area contributed by atoms with E-state index in [1.807, 2.05) is 0 Å². The molecular formula is C14H10Cl2FNO. The van der Waals surface area contributed by atoms with Crippen molar-refractivity contribution in [2.75, 3.05) is 5.73 Å². The lowest BCUT2D eigenvalue weighted by Crippen LogP contribution is -2.05. The van der Waals surface area contributed by atoms with Crippen LogP contribution >= 0.6 is 23.2 Å². The van der Waals surface area contributed by atoms with Gasteiger partial charge in [0.25, 0.3) is 0 Å². The Bertz CT molecular complexity index is 671. The predicted octanol–water partition coefficient (Wildman–Crippen LogP) is 4.25. The Morgan fingerprint density at radius 2 is 1.74 bits per heavy atom. The molecule has 0 spiro atoms. The lowest BCUT2D eigenvalue weighted by Gasteiger charge is -2.08. The van der Waals surface area contributed by atoms with Crippen molar-refractivity contribution in [1.29, 1.82) is 0 Å². The molecule has 19 heavy (non-hydrogen) atoms. The molecule has 5 heteroatoms. The van der Waals surface area contributed by atoms with Crippen LogP contribution in [0.15, 0.2) is 30.3 Å². The van der Waals surface area contributed by atoms with Gasteiger partial charge in [0.05, 0.1) is 10.0 Å². The van der Waals surface area contributed by atoms with Gasteiger partial charge in [-0.3, -0.25) is 4.79 Å². The fraction of sp³-hybridized carbons (Fsp3) is 0.0714. The molecule has 0 fully saturated rings. The van der Waals surface area contributed by atoms with Crippen molar-refractivity contribution >= 4 is 34.7 Å². The molecule has 2 N–H and O–H groups in total. The standard InChI is InChI=1S/C14H10Cl2FNO/c1-7-4-9(12(16)6-13(7)17)14(19)10-5-8(18)2-3-11(10)15/h2-6H,18H2,1H3. The summed E-state index contributed by atoms with van der Waals surface area (Å²) in [7, 11) is 0. The quantitative estimate of drug-likeness (QED) is 0.665. The highest BCUT2D eigenvalue weighted by Gasteiger charge is 2.17. The maximum Gasteiger partial charge on any atom is 0.196 e. The molecule has 98 valence electrons. The van der Waals surface area contributed by atoms with Crippen molar-refractivity contribution in [2.24, 2.45) is 0 Å². The average Bonchev–Trinajstić information content (AvgIpc) is 2.36. The number of rotatable bonds is 2. The van der Waals surface area contributed by atoms with Crippen LogP contribution in [0.3, 0.4) is 0 Å². The van der Waals surface area contributed by atoms with Gasteiger partial charge in [0.1, 0.15) is 5.82 Å².